The van der Waals surface area contributed by atoms with Gasteiger partial charge < -0.3 is 0 Å². The molecule has 0 saturated carbocycles. The molecular formula is C4H5ClF4. The van der Waals surface area contributed by atoms with Gasteiger partial charge in [0.2, 0.25) is 11.3 Å². The molecular weight excluding hydrogens is 159 g/mol. The average Bonchev–Trinajstić information content (AvgIpc) is 1.62. The monoisotopic (exact) mass is 164 g/mol. The topological polar surface area (TPSA) is 0 Å². The largest absolute Gasteiger partial charge is 0.273 e. The predicted octanol–water partition coefficient (Wildman–Crippen LogP) is 2.51. The summed E-state index contributed by atoms with van der Waals surface area (Å²) >= 11 is 4.56. The van der Waals surface area contributed by atoms with Crippen molar-refractivity contribution >= 4 is 11.6 Å². The van der Waals surface area contributed by atoms with E-state index in [2.05, 4.69) is 11.6 Å². The molecule has 5 heteroatoms. The minimum absolute atomic E-state index is 0.547. The van der Waals surface area contributed by atoms with E-state index >= 15 is 0 Å². The Hall–Kier alpha value is 0.01000. The van der Waals surface area contributed by atoms with E-state index in [1.165, 1.54) is 0 Å². The van der Waals surface area contributed by atoms with Gasteiger partial charge in [0.25, 0.3) is 6.43 Å². The molecule has 0 heterocycles. The first-order valence-corrected chi connectivity index (χ1v) is 2.53. The molecule has 56 valence electrons. The molecule has 0 rings (SSSR count). The van der Waals surface area contributed by atoms with Crippen molar-refractivity contribution in [3.05, 3.63) is 0 Å². The molecule has 0 aromatic heterocycles. The molecule has 9 heavy (non-hydrogen) atoms. The van der Waals surface area contributed by atoms with Crippen LogP contribution in [-0.2, 0) is 0 Å². The molecule has 0 fully saturated rings. The van der Waals surface area contributed by atoms with Crippen LogP contribution in [0.25, 0.3) is 0 Å². The fourth-order valence-electron chi connectivity index (χ4n) is 0.221. The van der Waals surface area contributed by atoms with Crippen molar-refractivity contribution in [2.24, 2.45) is 0 Å². The SMILES string of the molecule is CC(F)(Cl)C(F)C(F)F. The second-order valence-corrected chi connectivity index (χ2v) is 2.43. The standard InChI is InChI=1S/C4H5ClF4/c1-4(5,9)2(6)3(7)8/h2-3H,1H3. The minimum Gasteiger partial charge on any atom is -0.236 e. The molecule has 0 bridgehead atoms. The van der Waals surface area contributed by atoms with Crippen molar-refractivity contribution in [2.75, 3.05) is 0 Å². The predicted molar refractivity (Wildman–Crippen MR) is 26.3 cm³/mol. The van der Waals surface area contributed by atoms with Gasteiger partial charge in [-0.25, -0.2) is 17.6 Å². The van der Waals surface area contributed by atoms with Crippen LogP contribution in [0.1, 0.15) is 6.92 Å². The molecule has 0 aliphatic carbocycles. The number of hydrogen-bond donors (Lipinski definition) is 0. The summed E-state index contributed by atoms with van der Waals surface area (Å²) in [4.78, 5) is 0. The van der Waals surface area contributed by atoms with E-state index in [0.717, 1.165) is 0 Å². The molecule has 0 aliphatic rings. The van der Waals surface area contributed by atoms with Crippen molar-refractivity contribution in [3.8, 4) is 0 Å². The Bertz CT molecular complexity index is 87.1. The van der Waals surface area contributed by atoms with Crippen LogP contribution in [0.5, 0.6) is 0 Å². The lowest BCUT2D eigenvalue weighted by molar-refractivity contribution is -0.00648. The van der Waals surface area contributed by atoms with E-state index in [0.29, 0.717) is 6.92 Å². The third-order valence-electron chi connectivity index (χ3n) is 0.705. The molecule has 0 N–H and O–H groups in total. The van der Waals surface area contributed by atoms with Gasteiger partial charge in [-0.2, -0.15) is 0 Å². The van der Waals surface area contributed by atoms with Crippen molar-refractivity contribution < 1.29 is 17.6 Å². The summed E-state index contributed by atoms with van der Waals surface area (Å²) in [5.41, 5.74) is 0. The summed E-state index contributed by atoms with van der Waals surface area (Å²) in [5.74, 6) is 0. The Labute approximate surface area is 54.8 Å². The summed E-state index contributed by atoms with van der Waals surface area (Å²) in [5, 5.41) is -2.96. The first kappa shape index (κ1) is 9.01. The Kier molecular flexibility index (Phi) is 2.73. The average molecular weight is 165 g/mol. The van der Waals surface area contributed by atoms with Crippen LogP contribution in [-0.4, -0.2) is 17.7 Å². The van der Waals surface area contributed by atoms with E-state index in [1.807, 2.05) is 0 Å². The maximum Gasteiger partial charge on any atom is 0.273 e. The lowest BCUT2D eigenvalue weighted by Crippen LogP contribution is -2.31. The van der Waals surface area contributed by atoms with Crippen LogP contribution in [0, 0.1) is 0 Å². The molecule has 2 unspecified atom stereocenters. The maximum absolute atomic E-state index is 11.9. The number of hydrogen-bond acceptors (Lipinski definition) is 0. The molecule has 0 radical (unpaired) electrons. The molecule has 0 spiro atoms. The van der Waals surface area contributed by atoms with Crippen LogP contribution >= 0.6 is 11.6 Å². The van der Waals surface area contributed by atoms with Crippen molar-refractivity contribution in [1.29, 1.82) is 0 Å². The van der Waals surface area contributed by atoms with Gasteiger partial charge in [-0.05, 0) is 6.92 Å². The van der Waals surface area contributed by atoms with Gasteiger partial charge in [-0.15, -0.1) is 0 Å². The third kappa shape index (κ3) is 2.89. The molecule has 0 aromatic carbocycles. The van der Waals surface area contributed by atoms with Gasteiger partial charge in [-0.3, -0.25) is 0 Å². The highest BCUT2D eigenvalue weighted by atomic mass is 35.5. The van der Waals surface area contributed by atoms with Gasteiger partial charge in [-0.1, -0.05) is 11.6 Å². The number of halogens is 5. The maximum atomic E-state index is 11.9. The number of alkyl halides is 5. The lowest BCUT2D eigenvalue weighted by atomic mass is 10.3. The van der Waals surface area contributed by atoms with Gasteiger partial charge in [0.1, 0.15) is 0 Å². The summed E-state index contributed by atoms with van der Waals surface area (Å²) in [6.07, 6.45) is -6.28. The zero-order valence-electron chi connectivity index (χ0n) is 4.54. The van der Waals surface area contributed by atoms with E-state index in [1.54, 1.807) is 0 Å². The summed E-state index contributed by atoms with van der Waals surface area (Å²) in [6.45, 7) is 0.547. The normalized spacial score (nSPS) is 21.7. The molecule has 0 amide bonds. The smallest absolute Gasteiger partial charge is 0.236 e. The van der Waals surface area contributed by atoms with Crippen LogP contribution in [0.2, 0.25) is 0 Å². The number of rotatable bonds is 2. The molecule has 0 aromatic rings. The van der Waals surface area contributed by atoms with E-state index < -0.39 is 17.7 Å². The van der Waals surface area contributed by atoms with Crippen molar-refractivity contribution in [3.63, 3.8) is 0 Å². The Balaban J connectivity index is 3.88. The quantitative estimate of drug-likeness (QED) is 0.435. The fraction of sp³-hybridized carbons (Fsp3) is 1.00. The van der Waals surface area contributed by atoms with Crippen LogP contribution < -0.4 is 0 Å². The van der Waals surface area contributed by atoms with Gasteiger partial charge in [0.05, 0.1) is 0 Å². The zero-order valence-corrected chi connectivity index (χ0v) is 5.30. The van der Waals surface area contributed by atoms with Gasteiger partial charge >= 0.3 is 0 Å². The third-order valence-corrected chi connectivity index (χ3v) is 0.914. The van der Waals surface area contributed by atoms with E-state index in [9.17, 15) is 17.6 Å². The molecule has 2 atom stereocenters. The first-order valence-electron chi connectivity index (χ1n) is 2.15. The van der Waals surface area contributed by atoms with Crippen LogP contribution in [0.4, 0.5) is 17.6 Å². The van der Waals surface area contributed by atoms with E-state index in [-0.39, 0.29) is 0 Å². The van der Waals surface area contributed by atoms with Gasteiger partial charge in [0, 0.05) is 0 Å². The summed E-state index contributed by atoms with van der Waals surface area (Å²) in [7, 11) is 0. The highest BCUT2D eigenvalue weighted by Gasteiger charge is 2.39. The van der Waals surface area contributed by atoms with Crippen molar-refractivity contribution in [2.45, 2.75) is 24.6 Å². The Morgan fingerprint density at radius 1 is 1.33 bits per heavy atom. The minimum atomic E-state index is -3.36. The van der Waals surface area contributed by atoms with Crippen LogP contribution in [0.15, 0.2) is 0 Å². The van der Waals surface area contributed by atoms with Crippen LogP contribution in [0.3, 0.4) is 0 Å². The first-order chi connectivity index (χ1) is 3.85. The lowest BCUT2D eigenvalue weighted by Gasteiger charge is -2.15. The zero-order chi connectivity index (χ0) is 7.65. The van der Waals surface area contributed by atoms with Gasteiger partial charge in [0.15, 0.2) is 0 Å². The molecule has 0 saturated heterocycles. The van der Waals surface area contributed by atoms with Crippen molar-refractivity contribution in [1.82, 2.24) is 0 Å². The Morgan fingerprint density at radius 3 is 1.67 bits per heavy atom. The fourth-order valence-corrected chi connectivity index (χ4v) is 0.316. The Morgan fingerprint density at radius 2 is 1.67 bits per heavy atom. The molecule has 0 aliphatic heterocycles. The molecule has 0 nitrogen and oxygen atoms in total. The summed E-state index contributed by atoms with van der Waals surface area (Å²) in [6, 6.07) is 0. The second-order valence-electron chi connectivity index (χ2n) is 1.69. The van der Waals surface area contributed by atoms with E-state index in [4.69, 9.17) is 0 Å². The summed E-state index contributed by atoms with van der Waals surface area (Å²) < 4.78 is 46.2. The highest BCUT2D eigenvalue weighted by Crippen LogP contribution is 2.27. The second kappa shape index (κ2) is 2.73. The highest BCUT2D eigenvalue weighted by molar-refractivity contribution is 6.23.